The topological polar surface area (TPSA) is 84.9 Å². The minimum absolute atomic E-state index is 0.0702. The molecule has 0 aliphatic heterocycles. The molecular formula is C40H47NO5. The molecule has 0 saturated heterocycles. The van der Waals surface area contributed by atoms with E-state index in [0.29, 0.717) is 28.5 Å². The van der Waals surface area contributed by atoms with Gasteiger partial charge in [-0.05, 0) is 96.7 Å². The predicted molar refractivity (Wildman–Crippen MR) is 184 cm³/mol. The highest BCUT2D eigenvalue weighted by Gasteiger charge is 2.21. The van der Waals surface area contributed by atoms with Gasteiger partial charge in [0.1, 0.15) is 23.9 Å². The molecule has 4 aromatic carbocycles. The van der Waals surface area contributed by atoms with Crippen molar-refractivity contribution in [2.75, 3.05) is 0 Å². The van der Waals surface area contributed by atoms with Crippen molar-refractivity contribution < 1.29 is 24.2 Å². The Morgan fingerprint density at radius 1 is 0.826 bits per heavy atom. The average Bonchev–Trinajstić information content (AvgIpc) is 2.98. The zero-order chi connectivity index (χ0) is 33.4. The van der Waals surface area contributed by atoms with Crippen molar-refractivity contribution >= 4 is 11.9 Å². The average molecular weight is 622 g/mol. The molecule has 0 spiro atoms. The number of benzene rings is 4. The van der Waals surface area contributed by atoms with E-state index in [0.717, 1.165) is 34.4 Å². The number of carboxylic acids is 1. The van der Waals surface area contributed by atoms with Crippen molar-refractivity contribution in [3.63, 3.8) is 0 Å². The first-order chi connectivity index (χ1) is 21.8. The summed E-state index contributed by atoms with van der Waals surface area (Å²) in [5.41, 5.74) is 6.66. The van der Waals surface area contributed by atoms with Gasteiger partial charge in [0, 0.05) is 12.0 Å². The molecule has 0 bridgehead atoms. The molecule has 2 N–H and O–H groups in total. The summed E-state index contributed by atoms with van der Waals surface area (Å²) in [5.74, 6) is 1.19. The highest BCUT2D eigenvalue weighted by Crippen LogP contribution is 2.29. The fourth-order valence-electron chi connectivity index (χ4n) is 5.54. The Bertz CT molecular complexity index is 1630. The fraction of sp³-hybridized carbons (Fsp3) is 0.350. The molecule has 1 unspecified atom stereocenters. The molecule has 0 aliphatic carbocycles. The van der Waals surface area contributed by atoms with Gasteiger partial charge in [0.2, 0.25) is 0 Å². The van der Waals surface area contributed by atoms with Crippen LogP contribution in [0.25, 0.3) is 0 Å². The standard InChI is InChI=1S/C40H47NO5/c1-26(2)19-37(31-21-27(3)20-28(4)22-31)41-39(44)36-24-34(15-11-30(36)12-18-38(42)43)45-25-29-9-8-10-35(23-29)46-33-16-13-32(14-17-33)40(5,6)7/h8-11,13-17,20-24,26,37H,12,18-19,25H2,1-7H3,(H,41,44)(H,42,43). The van der Waals surface area contributed by atoms with Crippen LogP contribution in [0.2, 0.25) is 0 Å². The van der Waals surface area contributed by atoms with Gasteiger partial charge < -0.3 is 19.9 Å². The third-order valence-electron chi connectivity index (χ3n) is 7.85. The minimum atomic E-state index is -0.910. The van der Waals surface area contributed by atoms with E-state index in [1.807, 2.05) is 36.4 Å². The summed E-state index contributed by atoms with van der Waals surface area (Å²) in [6, 6.07) is 27.3. The number of carbonyl (C=O) groups excluding carboxylic acids is 1. The lowest BCUT2D eigenvalue weighted by molar-refractivity contribution is -0.136. The molecule has 1 amide bonds. The molecule has 1 atom stereocenters. The molecule has 0 heterocycles. The lowest BCUT2D eigenvalue weighted by Crippen LogP contribution is -2.30. The molecule has 6 nitrogen and oxygen atoms in total. The summed E-state index contributed by atoms with van der Waals surface area (Å²) in [4.78, 5) is 25.2. The molecule has 0 saturated carbocycles. The third-order valence-corrected chi connectivity index (χ3v) is 7.85. The summed E-state index contributed by atoms with van der Waals surface area (Å²) in [5, 5.41) is 12.6. The van der Waals surface area contributed by atoms with E-state index in [-0.39, 0.29) is 36.8 Å². The predicted octanol–water partition coefficient (Wildman–Crippen LogP) is 9.51. The Labute approximate surface area is 273 Å². The van der Waals surface area contributed by atoms with E-state index in [1.165, 1.54) is 5.56 Å². The maximum Gasteiger partial charge on any atom is 0.303 e. The van der Waals surface area contributed by atoms with Crippen LogP contribution in [-0.4, -0.2) is 17.0 Å². The number of amides is 1. The van der Waals surface area contributed by atoms with Crippen LogP contribution >= 0.6 is 0 Å². The summed E-state index contributed by atoms with van der Waals surface area (Å²) < 4.78 is 12.3. The number of ether oxygens (including phenoxy) is 2. The second kappa shape index (κ2) is 15.1. The van der Waals surface area contributed by atoms with E-state index >= 15 is 0 Å². The van der Waals surface area contributed by atoms with Crippen molar-refractivity contribution in [2.24, 2.45) is 5.92 Å². The highest BCUT2D eigenvalue weighted by molar-refractivity contribution is 5.96. The van der Waals surface area contributed by atoms with Crippen LogP contribution in [0.5, 0.6) is 17.2 Å². The maximum absolute atomic E-state index is 13.8. The van der Waals surface area contributed by atoms with Gasteiger partial charge in [0.15, 0.2) is 0 Å². The van der Waals surface area contributed by atoms with E-state index in [1.54, 1.807) is 18.2 Å². The Balaban J connectivity index is 1.52. The van der Waals surface area contributed by atoms with Crippen LogP contribution < -0.4 is 14.8 Å². The highest BCUT2D eigenvalue weighted by atomic mass is 16.5. The van der Waals surface area contributed by atoms with Crippen LogP contribution in [0.1, 0.15) is 97.2 Å². The van der Waals surface area contributed by atoms with Gasteiger partial charge in [-0.1, -0.05) is 94.3 Å². The number of hydrogen-bond donors (Lipinski definition) is 2. The van der Waals surface area contributed by atoms with Gasteiger partial charge in [-0.25, -0.2) is 0 Å². The van der Waals surface area contributed by atoms with Crippen LogP contribution in [0, 0.1) is 19.8 Å². The first kappa shape index (κ1) is 34.3. The Morgan fingerprint density at radius 3 is 2.13 bits per heavy atom. The SMILES string of the molecule is Cc1cc(C)cc(C(CC(C)C)NC(=O)c2cc(OCc3cccc(Oc4ccc(C(C)(C)C)cc4)c3)ccc2CCC(=O)O)c1. The maximum atomic E-state index is 13.8. The van der Waals surface area contributed by atoms with Crippen molar-refractivity contribution in [1.82, 2.24) is 5.32 Å². The van der Waals surface area contributed by atoms with Gasteiger partial charge in [-0.2, -0.15) is 0 Å². The van der Waals surface area contributed by atoms with Crippen molar-refractivity contribution in [1.29, 1.82) is 0 Å². The molecule has 0 aromatic heterocycles. The lowest BCUT2D eigenvalue weighted by atomic mass is 9.87. The van der Waals surface area contributed by atoms with Gasteiger partial charge in [0.25, 0.3) is 5.91 Å². The van der Waals surface area contributed by atoms with Crippen molar-refractivity contribution in [2.45, 2.75) is 85.8 Å². The third kappa shape index (κ3) is 9.96. The van der Waals surface area contributed by atoms with Gasteiger partial charge >= 0.3 is 5.97 Å². The second-order valence-corrected chi connectivity index (χ2v) is 13.6. The number of aryl methyl sites for hydroxylation is 3. The molecule has 242 valence electrons. The number of aliphatic carboxylic acids is 1. The van der Waals surface area contributed by atoms with E-state index in [2.05, 4.69) is 84.1 Å². The zero-order valence-electron chi connectivity index (χ0n) is 28.1. The lowest BCUT2D eigenvalue weighted by Gasteiger charge is -2.23. The molecule has 46 heavy (non-hydrogen) atoms. The summed E-state index contributed by atoms with van der Waals surface area (Å²) >= 11 is 0. The molecule has 6 heteroatoms. The molecule has 0 aliphatic rings. The quantitative estimate of drug-likeness (QED) is 0.155. The normalized spacial score (nSPS) is 12.1. The van der Waals surface area contributed by atoms with Crippen molar-refractivity contribution in [3.8, 4) is 17.2 Å². The number of rotatable bonds is 13. The largest absolute Gasteiger partial charge is 0.489 e. The van der Waals surface area contributed by atoms with Crippen molar-refractivity contribution in [3.05, 3.63) is 124 Å². The van der Waals surface area contributed by atoms with Crippen LogP contribution in [0.4, 0.5) is 0 Å². The monoisotopic (exact) mass is 621 g/mol. The summed E-state index contributed by atoms with van der Waals surface area (Å²) in [6.07, 6.45) is 0.944. The fourth-order valence-corrected chi connectivity index (χ4v) is 5.54. The summed E-state index contributed by atoms with van der Waals surface area (Å²) in [6.45, 7) is 15.2. The first-order valence-corrected chi connectivity index (χ1v) is 16.0. The first-order valence-electron chi connectivity index (χ1n) is 16.0. The number of hydrogen-bond acceptors (Lipinski definition) is 4. The van der Waals surface area contributed by atoms with Crippen LogP contribution in [0.3, 0.4) is 0 Å². The van der Waals surface area contributed by atoms with E-state index in [9.17, 15) is 14.7 Å². The van der Waals surface area contributed by atoms with Gasteiger partial charge in [-0.15, -0.1) is 0 Å². The second-order valence-electron chi connectivity index (χ2n) is 13.6. The number of carbonyl (C=O) groups is 2. The zero-order valence-corrected chi connectivity index (χ0v) is 28.1. The Morgan fingerprint density at radius 2 is 1.50 bits per heavy atom. The molecule has 0 fully saturated rings. The van der Waals surface area contributed by atoms with Crippen LogP contribution in [-0.2, 0) is 23.2 Å². The Hall–Kier alpha value is -4.58. The van der Waals surface area contributed by atoms with E-state index in [4.69, 9.17) is 9.47 Å². The van der Waals surface area contributed by atoms with Crippen LogP contribution in [0.15, 0.2) is 84.9 Å². The summed E-state index contributed by atoms with van der Waals surface area (Å²) in [7, 11) is 0. The van der Waals surface area contributed by atoms with Gasteiger partial charge in [-0.3, -0.25) is 9.59 Å². The smallest absolute Gasteiger partial charge is 0.303 e. The van der Waals surface area contributed by atoms with Gasteiger partial charge in [0.05, 0.1) is 6.04 Å². The molecule has 4 rings (SSSR count). The molecular weight excluding hydrogens is 574 g/mol. The van der Waals surface area contributed by atoms with E-state index < -0.39 is 5.97 Å². The Kier molecular flexibility index (Phi) is 11.3. The minimum Gasteiger partial charge on any atom is -0.489 e. The number of carboxylic acid groups (broad SMARTS) is 1. The molecule has 0 radical (unpaired) electrons. The molecule has 4 aromatic rings. The number of nitrogens with one attached hydrogen (secondary N) is 1.